The fourth-order valence-electron chi connectivity index (χ4n) is 3.16. The first kappa shape index (κ1) is 12.6. The molecule has 3 atom stereocenters. The summed E-state index contributed by atoms with van der Waals surface area (Å²) in [5.41, 5.74) is 0. The lowest BCUT2D eigenvalue weighted by molar-refractivity contribution is 0.338. The second-order valence-corrected chi connectivity index (χ2v) is 5.35. The lowest BCUT2D eigenvalue weighted by atomic mass is 9.91. The van der Waals surface area contributed by atoms with Crippen LogP contribution in [0.5, 0.6) is 0 Å². The molecule has 1 fully saturated rings. The van der Waals surface area contributed by atoms with Gasteiger partial charge in [0.15, 0.2) is 0 Å². The molecule has 0 saturated heterocycles. The summed E-state index contributed by atoms with van der Waals surface area (Å²) < 4.78 is 2.14. The van der Waals surface area contributed by atoms with E-state index in [9.17, 15) is 0 Å². The minimum absolute atomic E-state index is 0.742. The van der Waals surface area contributed by atoms with Crippen LogP contribution in [0.15, 0.2) is 12.4 Å². The molecule has 3 nitrogen and oxygen atoms in total. The summed E-state index contributed by atoms with van der Waals surface area (Å²) in [6, 6.07) is 0.742. The Hall–Kier alpha value is -0.830. The molecule has 96 valence electrons. The number of aromatic nitrogens is 2. The average molecular weight is 235 g/mol. The quantitative estimate of drug-likeness (QED) is 0.849. The summed E-state index contributed by atoms with van der Waals surface area (Å²) in [6.07, 6.45) is 9.07. The molecule has 1 heterocycles. The van der Waals surface area contributed by atoms with Crippen molar-refractivity contribution in [1.82, 2.24) is 14.9 Å². The number of aryl methyl sites for hydroxylation is 2. The van der Waals surface area contributed by atoms with Crippen LogP contribution in [-0.2, 0) is 13.5 Å². The van der Waals surface area contributed by atoms with Crippen LogP contribution in [0.25, 0.3) is 0 Å². The summed E-state index contributed by atoms with van der Waals surface area (Å²) in [4.78, 5) is 4.40. The van der Waals surface area contributed by atoms with E-state index >= 15 is 0 Å². The molecule has 3 heteroatoms. The summed E-state index contributed by atoms with van der Waals surface area (Å²) in [5.74, 6) is 2.91. The van der Waals surface area contributed by atoms with Crippen LogP contribution in [0.3, 0.4) is 0 Å². The molecule has 1 aliphatic rings. The van der Waals surface area contributed by atoms with Crippen LogP contribution in [0.2, 0.25) is 0 Å². The van der Waals surface area contributed by atoms with Gasteiger partial charge >= 0.3 is 0 Å². The van der Waals surface area contributed by atoms with E-state index in [2.05, 4.69) is 35.8 Å². The van der Waals surface area contributed by atoms with Crippen LogP contribution in [0.1, 0.15) is 38.9 Å². The van der Waals surface area contributed by atoms with Gasteiger partial charge in [-0.2, -0.15) is 0 Å². The van der Waals surface area contributed by atoms with Crippen molar-refractivity contribution >= 4 is 0 Å². The molecule has 0 aliphatic heterocycles. The maximum atomic E-state index is 4.40. The van der Waals surface area contributed by atoms with Crippen molar-refractivity contribution in [2.45, 2.75) is 45.6 Å². The van der Waals surface area contributed by atoms with E-state index in [1.54, 1.807) is 0 Å². The van der Waals surface area contributed by atoms with Gasteiger partial charge in [-0.05, 0) is 37.6 Å². The zero-order valence-electron chi connectivity index (χ0n) is 11.3. The molecule has 3 unspecified atom stereocenters. The highest BCUT2D eigenvalue weighted by molar-refractivity contribution is 4.94. The Labute approximate surface area is 105 Å². The molecule has 0 spiro atoms. The van der Waals surface area contributed by atoms with Gasteiger partial charge in [0.25, 0.3) is 0 Å². The van der Waals surface area contributed by atoms with E-state index in [0.717, 1.165) is 30.8 Å². The van der Waals surface area contributed by atoms with Crippen molar-refractivity contribution in [3.8, 4) is 0 Å². The number of imidazole rings is 1. The molecule has 1 N–H and O–H groups in total. The van der Waals surface area contributed by atoms with Crippen molar-refractivity contribution in [1.29, 1.82) is 0 Å². The van der Waals surface area contributed by atoms with Gasteiger partial charge < -0.3 is 9.88 Å². The predicted octanol–water partition coefficient (Wildman–Crippen LogP) is 2.38. The fraction of sp³-hybridized carbons (Fsp3) is 0.786. The number of hydrogen-bond donors (Lipinski definition) is 1. The van der Waals surface area contributed by atoms with Crippen molar-refractivity contribution in [2.75, 3.05) is 6.54 Å². The van der Waals surface area contributed by atoms with E-state index in [1.807, 2.05) is 12.4 Å². The van der Waals surface area contributed by atoms with Crippen LogP contribution in [-0.4, -0.2) is 22.1 Å². The monoisotopic (exact) mass is 235 g/mol. The summed E-state index contributed by atoms with van der Waals surface area (Å²) in [7, 11) is 2.09. The molecule has 1 aromatic heterocycles. The smallest absolute Gasteiger partial charge is 0.108 e. The highest BCUT2D eigenvalue weighted by Gasteiger charge is 2.31. The number of rotatable bonds is 5. The Kier molecular flexibility index (Phi) is 4.21. The molecule has 0 aromatic carbocycles. The minimum Gasteiger partial charge on any atom is -0.338 e. The van der Waals surface area contributed by atoms with Gasteiger partial charge in [0.2, 0.25) is 0 Å². The topological polar surface area (TPSA) is 29.9 Å². The lowest BCUT2D eigenvalue weighted by Crippen LogP contribution is -2.32. The van der Waals surface area contributed by atoms with Crippen LogP contribution < -0.4 is 5.32 Å². The summed E-state index contributed by atoms with van der Waals surface area (Å²) in [5, 5.41) is 3.61. The Morgan fingerprint density at radius 2 is 2.29 bits per heavy atom. The standard InChI is InChI=1S/C14H25N3/c1-4-15-13-7-5-12(11(13)2)6-8-14-16-9-10-17(14)3/h9-13,15H,4-8H2,1-3H3. The molecular weight excluding hydrogens is 210 g/mol. The van der Waals surface area contributed by atoms with Gasteiger partial charge in [-0.3, -0.25) is 0 Å². The molecule has 1 aliphatic carbocycles. The maximum Gasteiger partial charge on any atom is 0.108 e. The molecule has 17 heavy (non-hydrogen) atoms. The number of nitrogens with one attached hydrogen (secondary N) is 1. The van der Waals surface area contributed by atoms with Gasteiger partial charge in [-0.1, -0.05) is 13.8 Å². The maximum absolute atomic E-state index is 4.40. The van der Waals surface area contributed by atoms with Gasteiger partial charge in [0, 0.05) is 31.9 Å². The highest BCUT2D eigenvalue weighted by atomic mass is 15.0. The van der Waals surface area contributed by atoms with Gasteiger partial charge in [0.1, 0.15) is 5.82 Å². The van der Waals surface area contributed by atoms with E-state index in [4.69, 9.17) is 0 Å². The van der Waals surface area contributed by atoms with Crippen LogP contribution in [0.4, 0.5) is 0 Å². The highest BCUT2D eigenvalue weighted by Crippen LogP contribution is 2.34. The predicted molar refractivity (Wildman–Crippen MR) is 70.9 cm³/mol. The molecular formula is C14H25N3. The minimum atomic E-state index is 0.742. The van der Waals surface area contributed by atoms with E-state index in [-0.39, 0.29) is 0 Å². The fourth-order valence-corrected chi connectivity index (χ4v) is 3.16. The zero-order chi connectivity index (χ0) is 12.3. The SMILES string of the molecule is CCNC1CCC(CCc2nccn2C)C1C. The third-order valence-electron chi connectivity index (χ3n) is 4.35. The molecule has 2 rings (SSSR count). The second kappa shape index (κ2) is 5.67. The molecule has 1 aromatic rings. The van der Waals surface area contributed by atoms with Crippen molar-refractivity contribution in [3.05, 3.63) is 18.2 Å². The zero-order valence-corrected chi connectivity index (χ0v) is 11.3. The van der Waals surface area contributed by atoms with E-state index in [1.165, 1.54) is 25.1 Å². The lowest BCUT2D eigenvalue weighted by Gasteiger charge is -2.21. The Morgan fingerprint density at radius 1 is 1.47 bits per heavy atom. The third-order valence-corrected chi connectivity index (χ3v) is 4.35. The first-order valence-corrected chi connectivity index (χ1v) is 6.92. The van der Waals surface area contributed by atoms with Crippen LogP contribution in [0, 0.1) is 11.8 Å². The first-order chi connectivity index (χ1) is 8.22. The van der Waals surface area contributed by atoms with Gasteiger partial charge in [-0.25, -0.2) is 4.98 Å². The van der Waals surface area contributed by atoms with Crippen molar-refractivity contribution in [2.24, 2.45) is 18.9 Å². The van der Waals surface area contributed by atoms with Gasteiger partial charge in [0.05, 0.1) is 0 Å². The third kappa shape index (κ3) is 2.89. The van der Waals surface area contributed by atoms with Crippen molar-refractivity contribution < 1.29 is 0 Å². The molecule has 0 bridgehead atoms. The second-order valence-electron chi connectivity index (χ2n) is 5.35. The molecule has 0 amide bonds. The Bertz CT molecular complexity index is 345. The number of hydrogen-bond acceptors (Lipinski definition) is 2. The van der Waals surface area contributed by atoms with E-state index < -0.39 is 0 Å². The number of nitrogens with zero attached hydrogens (tertiary/aromatic N) is 2. The summed E-state index contributed by atoms with van der Waals surface area (Å²) >= 11 is 0. The normalized spacial score (nSPS) is 28.8. The molecule has 0 radical (unpaired) electrons. The Balaban J connectivity index is 1.83. The largest absolute Gasteiger partial charge is 0.338 e. The summed E-state index contributed by atoms with van der Waals surface area (Å²) in [6.45, 7) is 5.71. The van der Waals surface area contributed by atoms with Crippen LogP contribution >= 0.6 is 0 Å². The molecule has 1 saturated carbocycles. The van der Waals surface area contributed by atoms with Crippen molar-refractivity contribution in [3.63, 3.8) is 0 Å². The average Bonchev–Trinajstić information content (AvgIpc) is 2.86. The Morgan fingerprint density at radius 3 is 2.94 bits per heavy atom. The van der Waals surface area contributed by atoms with E-state index in [0.29, 0.717) is 0 Å². The first-order valence-electron chi connectivity index (χ1n) is 6.92. The van der Waals surface area contributed by atoms with Gasteiger partial charge in [-0.15, -0.1) is 0 Å².